The summed E-state index contributed by atoms with van der Waals surface area (Å²) < 4.78 is 25.3. The topological polar surface area (TPSA) is 77.4 Å². The summed E-state index contributed by atoms with van der Waals surface area (Å²) in [7, 11) is 0. The summed E-state index contributed by atoms with van der Waals surface area (Å²) in [4.78, 5) is 0. The van der Waals surface area contributed by atoms with Gasteiger partial charge in [-0.05, 0) is 17.8 Å². The first-order chi connectivity index (χ1) is 12.2. The first-order valence-electron chi connectivity index (χ1n) is 10.1. The first-order valence-corrected chi connectivity index (χ1v) is 10.1. The largest absolute Gasteiger partial charge is 0.390 e. The summed E-state index contributed by atoms with van der Waals surface area (Å²) in [5.74, 6) is 0.316. The van der Waals surface area contributed by atoms with Crippen LogP contribution in [0.4, 0.5) is 0 Å². The van der Waals surface area contributed by atoms with E-state index in [-0.39, 0.29) is 35.6 Å². The summed E-state index contributed by atoms with van der Waals surface area (Å²) in [6, 6.07) is 0. The molecule has 6 nitrogen and oxygen atoms in total. The van der Waals surface area contributed by atoms with E-state index in [2.05, 4.69) is 27.7 Å². The molecule has 6 fully saturated rings. The zero-order valence-electron chi connectivity index (χ0n) is 16.0. The molecule has 0 aromatic carbocycles. The maximum absolute atomic E-state index is 11.7. The summed E-state index contributed by atoms with van der Waals surface area (Å²) in [6.45, 7) is 10.3. The van der Waals surface area contributed by atoms with Crippen LogP contribution < -0.4 is 0 Å². The molecule has 6 aliphatic rings. The molecule has 2 aliphatic carbocycles. The highest BCUT2D eigenvalue weighted by atomic mass is 16.7. The van der Waals surface area contributed by atoms with Crippen molar-refractivity contribution < 1.29 is 29.2 Å². The smallest absolute Gasteiger partial charge is 0.165 e. The number of fused-ring (bicyclic) bond motifs is 1. The number of hydrogen-bond acceptors (Lipinski definition) is 6. The minimum atomic E-state index is -0.696. The van der Waals surface area contributed by atoms with Gasteiger partial charge >= 0.3 is 0 Å². The average Bonchev–Trinajstić information content (AvgIpc) is 3.27. The quantitative estimate of drug-likeness (QED) is 0.664. The fourth-order valence-corrected chi connectivity index (χ4v) is 8.73. The van der Waals surface area contributed by atoms with Gasteiger partial charge < -0.3 is 29.2 Å². The van der Waals surface area contributed by atoms with E-state index in [9.17, 15) is 10.2 Å². The Labute approximate surface area is 154 Å². The normalized spacial score (nSPS) is 65.3. The van der Waals surface area contributed by atoms with Crippen molar-refractivity contribution in [2.75, 3.05) is 19.8 Å². The van der Waals surface area contributed by atoms with Gasteiger partial charge in [0.05, 0.1) is 49.7 Å². The zero-order valence-corrected chi connectivity index (χ0v) is 16.0. The van der Waals surface area contributed by atoms with Crippen molar-refractivity contribution in [1.29, 1.82) is 0 Å². The number of rotatable bonds is 0. The molecule has 9 unspecified atom stereocenters. The Bertz CT molecular complexity index is 661. The number of ether oxygens (including phenoxy) is 4. The van der Waals surface area contributed by atoms with Gasteiger partial charge in [0.15, 0.2) is 6.29 Å². The van der Waals surface area contributed by atoms with Gasteiger partial charge in [-0.25, -0.2) is 0 Å². The summed E-state index contributed by atoms with van der Waals surface area (Å²) >= 11 is 0. The molecule has 6 rings (SSSR count). The fourth-order valence-electron chi connectivity index (χ4n) is 8.73. The molecule has 0 aromatic rings. The van der Waals surface area contributed by atoms with E-state index in [1.54, 1.807) is 0 Å². The summed E-state index contributed by atoms with van der Waals surface area (Å²) in [6.07, 6.45) is -1.56. The molecular weight excluding hydrogens is 336 g/mol. The van der Waals surface area contributed by atoms with E-state index in [4.69, 9.17) is 18.9 Å². The Hall–Kier alpha value is -0.240. The van der Waals surface area contributed by atoms with Crippen LogP contribution in [-0.2, 0) is 18.9 Å². The second kappa shape index (κ2) is 4.50. The number of hydrogen-bond donors (Lipinski definition) is 2. The highest BCUT2D eigenvalue weighted by Crippen LogP contribution is 2.83. The molecule has 0 aromatic heterocycles. The highest BCUT2D eigenvalue weighted by molar-refractivity contribution is 5.39. The standard InChI is InChI=1S/C20H30O6/c1-9-7-24-12-10(9)19-8-25-15-11(21)13(17(2,3)4)18(20(15,19)14(12)22)5-6-23-16(18)26-19/h9-16,21-22H,5-8H2,1-4H3/t9?,10?,11-,12?,13+,14?,15?,16?,18?,19?,20?/m1/s1. The molecule has 0 bridgehead atoms. The van der Waals surface area contributed by atoms with Gasteiger partial charge in [-0.3, -0.25) is 0 Å². The van der Waals surface area contributed by atoms with Crippen LogP contribution in [0, 0.1) is 34.0 Å². The molecule has 26 heavy (non-hydrogen) atoms. The van der Waals surface area contributed by atoms with Crippen LogP contribution in [0.5, 0.6) is 0 Å². The Morgan fingerprint density at radius 1 is 1.08 bits per heavy atom. The third kappa shape index (κ3) is 1.31. The second-order valence-electron chi connectivity index (χ2n) is 10.7. The molecule has 2 saturated carbocycles. The maximum atomic E-state index is 11.7. The van der Waals surface area contributed by atoms with E-state index in [0.717, 1.165) is 6.42 Å². The lowest BCUT2D eigenvalue weighted by atomic mass is 9.52. The lowest BCUT2D eigenvalue weighted by Gasteiger charge is -2.48. The average molecular weight is 366 g/mol. The van der Waals surface area contributed by atoms with Gasteiger partial charge in [0.1, 0.15) is 5.60 Å². The van der Waals surface area contributed by atoms with Crippen LogP contribution in [-0.4, -0.2) is 66.3 Å². The monoisotopic (exact) mass is 366 g/mol. The van der Waals surface area contributed by atoms with Crippen LogP contribution in [0.3, 0.4) is 0 Å². The van der Waals surface area contributed by atoms with Crippen LogP contribution in [0.2, 0.25) is 0 Å². The number of aliphatic hydroxyl groups is 2. The van der Waals surface area contributed by atoms with Crippen molar-refractivity contribution in [2.24, 2.45) is 34.0 Å². The molecule has 2 spiro atoms. The first kappa shape index (κ1) is 16.7. The molecule has 0 radical (unpaired) electrons. The lowest BCUT2D eigenvalue weighted by molar-refractivity contribution is -0.200. The SMILES string of the molecule is CC1COC2C1C13COC4[C@H](O)[C@@H](C(C)(C)C)C5(CCOC5O1)C43C2O. The second-order valence-corrected chi connectivity index (χ2v) is 10.7. The van der Waals surface area contributed by atoms with Gasteiger partial charge in [0, 0.05) is 17.3 Å². The van der Waals surface area contributed by atoms with E-state index in [1.165, 1.54) is 0 Å². The maximum Gasteiger partial charge on any atom is 0.165 e. The predicted octanol–water partition coefficient (Wildman–Crippen LogP) is 0.936. The number of aliphatic hydroxyl groups excluding tert-OH is 2. The van der Waals surface area contributed by atoms with Crippen molar-refractivity contribution in [1.82, 2.24) is 0 Å². The molecule has 146 valence electrons. The molecule has 4 aliphatic heterocycles. The molecule has 11 atom stereocenters. The summed E-state index contributed by atoms with van der Waals surface area (Å²) in [5, 5.41) is 23.2. The van der Waals surface area contributed by atoms with Crippen molar-refractivity contribution in [3.63, 3.8) is 0 Å². The van der Waals surface area contributed by atoms with Crippen LogP contribution >= 0.6 is 0 Å². The van der Waals surface area contributed by atoms with E-state index in [0.29, 0.717) is 19.8 Å². The van der Waals surface area contributed by atoms with Gasteiger partial charge in [-0.2, -0.15) is 0 Å². The zero-order chi connectivity index (χ0) is 18.3. The van der Waals surface area contributed by atoms with E-state index < -0.39 is 34.7 Å². The van der Waals surface area contributed by atoms with Crippen molar-refractivity contribution in [3.8, 4) is 0 Å². The van der Waals surface area contributed by atoms with Gasteiger partial charge in [0.25, 0.3) is 0 Å². The van der Waals surface area contributed by atoms with Crippen molar-refractivity contribution >= 4 is 0 Å². The van der Waals surface area contributed by atoms with Crippen LogP contribution in [0.15, 0.2) is 0 Å². The molecule has 0 amide bonds. The molecule has 4 heterocycles. The minimum absolute atomic E-state index is 0.0570. The van der Waals surface area contributed by atoms with Gasteiger partial charge in [0.2, 0.25) is 0 Å². The molecule has 6 heteroatoms. The Morgan fingerprint density at radius 2 is 1.85 bits per heavy atom. The molecule has 2 N–H and O–H groups in total. The molecular formula is C20H30O6. The Kier molecular flexibility index (Phi) is 2.89. The highest BCUT2D eigenvalue weighted by Gasteiger charge is 2.95. The Balaban J connectivity index is 1.65. The Morgan fingerprint density at radius 3 is 2.58 bits per heavy atom. The van der Waals surface area contributed by atoms with E-state index in [1.807, 2.05) is 0 Å². The minimum Gasteiger partial charge on any atom is -0.390 e. The van der Waals surface area contributed by atoms with Crippen LogP contribution in [0.25, 0.3) is 0 Å². The lowest BCUT2D eigenvalue weighted by Crippen LogP contribution is -2.58. The predicted molar refractivity (Wildman–Crippen MR) is 90.1 cm³/mol. The fraction of sp³-hybridized carbons (Fsp3) is 1.00. The van der Waals surface area contributed by atoms with Gasteiger partial charge in [-0.1, -0.05) is 27.7 Å². The van der Waals surface area contributed by atoms with Gasteiger partial charge in [-0.15, -0.1) is 0 Å². The summed E-state index contributed by atoms with van der Waals surface area (Å²) in [5.41, 5.74) is -1.86. The third-order valence-electron chi connectivity index (χ3n) is 8.89. The van der Waals surface area contributed by atoms with E-state index >= 15 is 0 Å². The van der Waals surface area contributed by atoms with Crippen molar-refractivity contribution in [3.05, 3.63) is 0 Å². The third-order valence-corrected chi connectivity index (χ3v) is 8.89. The van der Waals surface area contributed by atoms with Crippen molar-refractivity contribution in [2.45, 2.75) is 70.4 Å². The van der Waals surface area contributed by atoms with Crippen LogP contribution in [0.1, 0.15) is 34.1 Å². The molecule has 4 saturated heterocycles.